The Morgan fingerprint density at radius 2 is 1.76 bits per heavy atom. The van der Waals surface area contributed by atoms with Gasteiger partial charge in [0.05, 0.1) is 23.9 Å². The van der Waals surface area contributed by atoms with Crippen LogP contribution in [0.3, 0.4) is 0 Å². The molecule has 1 N–H and O–H groups in total. The molecule has 9 nitrogen and oxygen atoms in total. The summed E-state index contributed by atoms with van der Waals surface area (Å²) in [4.78, 5) is 39.6. The van der Waals surface area contributed by atoms with E-state index in [1.165, 1.54) is 4.68 Å². The molecule has 1 aromatic heterocycles. The second-order valence-corrected chi connectivity index (χ2v) is 10.1. The number of carbonyl (C=O) groups is 2. The van der Waals surface area contributed by atoms with Crippen molar-refractivity contribution in [2.45, 2.75) is 59.5 Å². The second kappa shape index (κ2) is 12.1. The molecule has 0 atom stereocenters. The maximum atomic E-state index is 12.6. The lowest BCUT2D eigenvalue weighted by molar-refractivity contribution is -0.122. The lowest BCUT2D eigenvalue weighted by Crippen LogP contribution is -2.35. The number of aryl methyl sites for hydroxylation is 1. The average Bonchev–Trinajstić information content (AvgIpc) is 3.30. The second-order valence-electron chi connectivity index (χ2n) is 10.1. The van der Waals surface area contributed by atoms with Gasteiger partial charge in [-0.15, -0.1) is 0 Å². The topological polar surface area (TPSA) is 98.5 Å². The number of hydrogen-bond acceptors (Lipinski definition) is 6. The van der Waals surface area contributed by atoms with Gasteiger partial charge in [0.1, 0.15) is 6.33 Å². The molecular formula is C29H37N5O4. The molecule has 2 aromatic carbocycles. The largest absolute Gasteiger partial charge is 0.462 e. The number of nitrogens with zero attached hydrogens (tertiary/aromatic N) is 4. The van der Waals surface area contributed by atoms with Gasteiger partial charge in [-0.25, -0.2) is 18.8 Å². The maximum Gasteiger partial charge on any atom is 0.350 e. The van der Waals surface area contributed by atoms with Gasteiger partial charge in [0, 0.05) is 31.7 Å². The van der Waals surface area contributed by atoms with E-state index in [1.54, 1.807) is 23.9 Å². The highest BCUT2D eigenvalue weighted by atomic mass is 16.5. The van der Waals surface area contributed by atoms with Crippen molar-refractivity contribution in [3.63, 3.8) is 0 Å². The Balaban J connectivity index is 1.26. The summed E-state index contributed by atoms with van der Waals surface area (Å²) in [5.74, 6) is 0.0215. The van der Waals surface area contributed by atoms with E-state index in [9.17, 15) is 14.4 Å². The smallest absolute Gasteiger partial charge is 0.350 e. The number of nitrogens with one attached hydrogen (secondary N) is 1. The van der Waals surface area contributed by atoms with Gasteiger partial charge in [-0.3, -0.25) is 4.79 Å². The zero-order chi connectivity index (χ0) is 27.2. The van der Waals surface area contributed by atoms with Gasteiger partial charge in [0.2, 0.25) is 5.91 Å². The lowest BCUT2D eigenvalue weighted by atomic mass is 9.93. The predicted molar refractivity (Wildman–Crippen MR) is 147 cm³/mol. The van der Waals surface area contributed by atoms with Gasteiger partial charge in [-0.2, -0.15) is 5.10 Å². The summed E-state index contributed by atoms with van der Waals surface area (Å²) in [6.45, 7) is 9.99. The summed E-state index contributed by atoms with van der Waals surface area (Å²) in [5, 5.41) is 7.19. The normalized spacial score (nSPS) is 14.1. The summed E-state index contributed by atoms with van der Waals surface area (Å²) < 4.78 is 8.15. The maximum absolute atomic E-state index is 12.6. The van der Waals surface area contributed by atoms with Gasteiger partial charge in [0.15, 0.2) is 0 Å². The fourth-order valence-corrected chi connectivity index (χ4v) is 4.81. The molecule has 38 heavy (non-hydrogen) atoms. The number of carbonyl (C=O) groups excluding carboxylic acids is 2. The van der Waals surface area contributed by atoms with E-state index >= 15 is 0 Å². The van der Waals surface area contributed by atoms with Crippen LogP contribution in [0.5, 0.6) is 0 Å². The third-order valence-electron chi connectivity index (χ3n) is 7.05. The zero-order valence-electron chi connectivity index (χ0n) is 22.6. The third kappa shape index (κ3) is 6.33. The van der Waals surface area contributed by atoms with E-state index in [2.05, 4.69) is 15.3 Å². The molecule has 4 rings (SSSR count). The highest BCUT2D eigenvalue weighted by Crippen LogP contribution is 2.26. The highest BCUT2D eigenvalue weighted by Gasteiger charge is 2.22. The number of ether oxygens (including phenoxy) is 1. The van der Waals surface area contributed by atoms with Crippen molar-refractivity contribution in [2.75, 3.05) is 24.6 Å². The van der Waals surface area contributed by atoms with Crippen LogP contribution in [0.4, 0.5) is 5.69 Å². The number of anilines is 1. The lowest BCUT2D eigenvalue weighted by Gasteiger charge is -2.33. The van der Waals surface area contributed by atoms with Gasteiger partial charge in [0.25, 0.3) is 0 Å². The highest BCUT2D eigenvalue weighted by molar-refractivity contribution is 5.91. The Labute approximate surface area is 223 Å². The van der Waals surface area contributed by atoms with Crippen molar-refractivity contribution in [1.82, 2.24) is 19.7 Å². The molecule has 0 bridgehead atoms. The molecule has 0 aliphatic carbocycles. The predicted octanol–water partition coefficient (Wildman–Crippen LogP) is 4.02. The van der Waals surface area contributed by atoms with Crippen LogP contribution in [0.1, 0.15) is 67.6 Å². The van der Waals surface area contributed by atoms with E-state index in [0.717, 1.165) is 48.4 Å². The Bertz CT molecular complexity index is 1320. The molecule has 202 valence electrons. The van der Waals surface area contributed by atoms with Crippen LogP contribution < -0.4 is 15.9 Å². The van der Waals surface area contributed by atoms with E-state index in [4.69, 9.17) is 4.74 Å². The zero-order valence-corrected chi connectivity index (χ0v) is 22.6. The van der Waals surface area contributed by atoms with Crippen molar-refractivity contribution < 1.29 is 14.3 Å². The van der Waals surface area contributed by atoms with Crippen molar-refractivity contribution in [2.24, 2.45) is 5.92 Å². The minimum atomic E-state index is -0.337. The first-order valence-electron chi connectivity index (χ1n) is 13.3. The van der Waals surface area contributed by atoms with Gasteiger partial charge < -0.3 is 15.0 Å². The number of aromatic nitrogens is 3. The Hall–Kier alpha value is -3.88. The average molecular weight is 520 g/mol. The fraction of sp³-hybridized carbons (Fsp3) is 0.448. The van der Waals surface area contributed by atoms with Crippen molar-refractivity contribution in [1.29, 1.82) is 0 Å². The number of esters is 1. The molecule has 2 heterocycles. The van der Waals surface area contributed by atoms with E-state index in [1.807, 2.05) is 57.2 Å². The Morgan fingerprint density at radius 3 is 2.39 bits per heavy atom. The van der Waals surface area contributed by atoms with Gasteiger partial charge >= 0.3 is 11.7 Å². The quantitative estimate of drug-likeness (QED) is 0.429. The first-order valence-corrected chi connectivity index (χ1v) is 13.3. The van der Waals surface area contributed by atoms with Gasteiger partial charge in [-0.1, -0.05) is 12.1 Å². The molecule has 1 aliphatic rings. The molecule has 0 unspecified atom stereocenters. The molecule has 1 fully saturated rings. The van der Waals surface area contributed by atoms with Crippen molar-refractivity contribution in [3.05, 3.63) is 76.0 Å². The van der Waals surface area contributed by atoms with Crippen molar-refractivity contribution >= 4 is 17.6 Å². The molecule has 1 aliphatic heterocycles. The summed E-state index contributed by atoms with van der Waals surface area (Å²) in [6, 6.07) is 13.6. The van der Waals surface area contributed by atoms with Gasteiger partial charge in [-0.05, 0) is 87.9 Å². The van der Waals surface area contributed by atoms with Crippen LogP contribution in [0.15, 0.2) is 53.6 Å². The number of hydrogen-bond donors (Lipinski definition) is 1. The first kappa shape index (κ1) is 27.2. The molecule has 9 heteroatoms. The first-order chi connectivity index (χ1) is 18.3. The molecule has 3 aromatic rings. The molecule has 1 amide bonds. The standard InChI is InChI=1S/C29H37N5O4/c1-5-38-28(36)26-16-23(7-6-21(26)4)18-30-27(35)17-22-12-14-32(15-13-22)24-8-10-25(11-9-24)33-19-31-34(20(2)3)29(33)37/h6-11,16,19-20,22H,5,12-15,17-18H2,1-4H3,(H,30,35). The van der Waals surface area contributed by atoms with Crippen LogP contribution in [0, 0.1) is 12.8 Å². The summed E-state index contributed by atoms with van der Waals surface area (Å²) in [7, 11) is 0. The Morgan fingerprint density at radius 1 is 1.08 bits per heavy atom. The number of amides is 1. The molecule has 0 spiro atoms. The number of piperidine rings is 1. The van der Waals surface area contributed by atoms with Crippen LogP contribution in [-0.2, 0) is 16.1 Å². The number of benzene rings is 2. The van der Waals surface area contributed by atoms with Crippen LogP contribution in [0.25, 0.3) is 5.69 Å². The van der Waals surface area contributed by atoms with Crippen LogP contribution in [0.2, 0.25) is 0 Å². The van der Waals surface area contributed by atoms with Crippen LogP contribution in [-0.4, -0.2) is 45.9 Å². The fourth-order valence-electron chi connectivity index (χ4n) is 4.81. The monoisotopic (exact) mass is 519 g/mol. The third-order valence-corrected chi connectivity index (χ3v) is 7.05. The SMILES string of the molecule is CCOC(=O)c1cc(CNC(=O)CC2CCN(c3ccc(-n4cnn(C(C)C)c4=O)cc3)CC2)ccc1C. The molecule has 1 saturated heterocycles. The minimum absolute atomic E-state index is 0.0122. The van der Waals surface area contributed by atoms with E-state index < -0.39 is 0 Å². The summed E-state index contributed by atoms with van der Waals surface area (Å²) in [6.07, 6.45) is 3.93. The summed E-state index contributed by atoms with van der Waals surface area (Å²) in [5.41, 5.74) is 4.03. The number of rotatable bonds is 9. The van der Waals surface area contributed by atoms with E-state index in [-0.39, 0.29) is 23.6 Å². The molecule has 0 radical (unpaired) electrons. The minimum Gasteiger partial charge on any atom is -0.462 e. The van der Waals surface area contributed by atoms with Crippen molar-refractivity contribution in [3.8, 4) is 5.69 Å². The van der Waals surface area contributed by atoms with Crippen LogP contribution >= 0.6 is 0 Å². The summed E-state index contributed by atoms with van der Waals surface area (Å²) >= 11 is 0. The molecular weight excluding hydrogens is 482 g/mol. The van der Waals surface area contributed by atoms with E-state index in [0.29, 0.717) is 31.1 Å². The Kier molecular flexibility index (Phi) is 8.66. The molecule has 0 saturated carbocycles.